The molecule has 2 aliphatic rings. The van der Waals surface area contributed by atoms with E-state index < -0.39 is 0 Å². The molecule has 80 valence electrons. The van der Waals surface area contributed by atoms with Crippen molar-refractivity contribution in [2.45, 2.75) is 31.7 Å². The zero-order valence-corrected chi connectivity index (χ0v) is 9.04. The third kappa shape index (κ3) is 2.34. The second-order valence-corrected chi connectivity index (χ2v) is 4.61. The highest BCUT2D eigenvalue weighted by Gasteiger charge is 2.26. The Morgan fingerprint density at radius 2 is 1.64 bits per heavy atom. The van der Waals surface area contributed by atoms with Gasteiger partial charge in [-0.25, -0.2) is 0 Å². The van der Waals surface area contributed by atoms with Crippen LogP contribution in [0.3, 0.4) is 0 Å². The fraction of sp³-hybridized carbons (Fsp3) is 0.909. The summed E-state index contributed by atoms with van der Waals surface area (Å²) in [5, 5.41) is 0. The summed E-state index contributed by atoms with van der Waals surface area (Å²) < 4.78 is 0. The van der Waals surface area contributed by atoms with Crippen molar-refractivity contribution in [2.75, 3.05) is 33.2 Å². The molecule has 0 bridgehead atoms. The lowest BCUT2D eigenvalue weighted by atomic mass is 9.93. The Labute approximate surface area is 86.1 Å². The van der Waals surface area contributed by atoms with Crippen LogP contribution < -0.4 is 0 Å². The van der Waals surface area contributed by atoms with Gasteiger partial charge in [-0.3, -0.25) is 9.69 Å². The summed E-state index contributed by atoms with van der Waals surface area (Å²) in [6.07, 6.45) is 3.83. The number of nitrogens with zero attached hydrogens (tertiary/aromatic N) is 2. The second-order valence-electron chi connectivity index (χ2n) is 4.61. The van der Waals surface area contributed by atoms with Crippen LogP contribution >= 0.6 is 0 Å². The van der Waals surface area contributed by atoms with Crippen LogP contribution in [0.15, 0.2) is 0 Å². The van der Waals surface area contributed by atoms with E-state index >= 15 is 0 Å². The van der Waals surface area contributed by atoms with E-state index in [1.54, 1.807) is 0 Å². The fourth-order valence-corrected chi connectivity index (χ4v) is 2.48. The van der Waals surface area contributed by atoms with Gasteiger partial charge in [-0.15, -0.1) is 0 Å². The molecule has 1 aliphatic carbocycles. The van der Waals surface area contributed by atoms with Crippen molar-refractivity contribution < 1.29 is 4.79 Å². The lowest BCUT2D eigenvalue weighted by molar-refractivity contribution is -0.121. The van der Waals surface area contributed by atoms with Crippen LogP contribution in [0.25, 0.3) is 0 Å². The van der Waals surface area contributed by atoms with Gasteiger partial charge < -0.3 is 4.90 Å². The molecule has 0 aromatic rings. The first-order chi connectivity index (χ1) is 6.75. The minimum absolute atomic E-state index is 0.468. The molecule has 0 aromatic heterocycles. The number of ketones is 1. The molecule has 3 heteroatoms. The Kier molecular flexibility index (Phi) is 3.19. The molecule has 0 aromatic carbocycles. The van der Waals surface area contributed by atoms with E-state index in [4.69, 9.17) is 0 Å². The molecule has 14 heavy (non-hydrogen) atoms. The maximum Gasteiger partial charge on any atom is 0.133 e. The number of piperazine rings is 1. The van der Waals surface area contributed by atoms with Gasteiger partial charge in [0.25, 0.3) is 0 Å². The van der Waals surface area contributed by atoms with Crippen LogP contribution in [0.1, 0.15) is 25.7 Å². The van der Waals surface area contributed by atoms with E-state index in [1.807, 2.05) is 0 Å². The van der Waals surface area contributed by atoms with Crippen LogP contribution in [-0.2, 0) is 4.79 Å². The predicted molar refractivity (Wildman–Crippen MR) is 56.3 cm³/mol. The predicted octanol–water partition coefficient (Wildman–Crippen LogP) is 0.745. The third-order valence-corrected chi connectivity index (χ3v) is 3.57. The first-order valence-corrected chi connectivity index (χ1v) is 5.70. The molecule has 3 nitrogen and oxygen atoms in total. The summed E-state index contributed by atoms with van der Waals surface area (Å²) >= 11 is 0. The topological polar surface area (TPSA) is 23.6 Å². The van der Waals surface area contributed by atoms with Gasteiger partial charge in [0.05, 0.1) is 0 Å². The molecule has 0 unspecified atom stereocenters. The van der Waals surface area contributed by atoms with Crippen LogP contribution in [0.5, 0.6) is 0 Å². The Bertz CT molecular complexity index is 199. The van der Waals surface area contributed by atoms with Crippen LogP contribution in [-0.4, -0.2) is 54.9 Å². The zero-order valence-electron chi connectivity index (χ0n) is 9.04. The van der Waals surface area contributed by atoms with Crippen molar-refractivity contribution in [3.05, 3.63) is 0 Å². The molecule has 0 radical (unpaired) electrons. The lowest BCUT2D eigenvalue weighted by Crippen LogP contribution is -2.49. The molecular weight excluding hydrogens is 176 g/mol. The number of carbonyl (C=O) groups excluding carboxylic acids is 1. The molecule has 0 spiro atoms. The normalized spacial score (nSPS) is 28.2. The fourth-order valence-electron chi connectivity index (χ4n) is 2.48. The van der Waals surface area contributed by atoms with Crippen molar-refractivity contribution in [1.29, 1.82) is 0 Å². The highest BCUT2D eigenvalue weighted by Crippen LogP contribution is 2.21. The highest BCUT2D eigenvalue weighted by molar-refractivity contribution is 5.79. The maximum absolute atomic E-state index is 11.1. The van der Waals surface area contributed by atoms with E-state index in [2.05, 4.69) is 16.8 Å². The van der Waals surface area contributed by atoms with Crippen molar-refractivity contribution in [3.63, 3.8) is 0 Å². The van der Waals surface area contributed by atoms with Gasteiger partial charge >= 0.3 is 0 Å². The average Bonchev–Trinajstić information content (AvgIpc) is 2.21. The summed E-state index contributed by atoms with van der Waals surface area (Å²) in [4.78, 5) is 16.1. The average molecular weight is 196 g/mol. The summed E-state index contributed by atoms with van der Waals surface area (Å²) in [5.74, 6) is 0.468. The zero-order chi connectivity index (χ0) is 9.97. The van der Waals surface area contributed by atoms with Crippen molar-refractivity contribution in [2.24, 2.45) is 0 Å². The molecule has 1 saturated heterocycles. The van der Waals surface area contributed by atoms with Gasteiger partial charge in [0.15, 0.2) is 0 Å². The van der Waals surface area contributed by atoms with Crippen LogP contribution in [0.4, 0.5) is 0 Å². The minimum Gasteiger partial charge on any atom is -0.304 e. The van der Waals surface area contributed by atoms with Gasteiger partial charge in [0.1, 0.15) is 5.78 Å². The van der Waals surface area contributed by atoms with Crippen molar-refractivity contribution in [3.8, 4) is 0 Å². The van der Waals surface area contributed by atoms with Gasteiger partial charge in [0.2, 0.25) is 0 Å². The standard InChI is InChI=1S/C11H20N2O/c1-12-6-8-13(9-7-12)10-2-4-11(14)5-3-10/h10H,2-9H2,1H3. The number of Topliss-reactive ketones (excluding diaryl/α,β-unsaturated/α-hetero) is 1. The first-order valence-electron chi connectivity index (χ1n) is 5.70. The molecule has 1 saturated carbocycles. The van der Waals surface area contributed by atoms with Crippen LogP contribution in [0, 0.1) is 0 Å². The Hall–Kier alpha value is -0.410. The molecule has 0 amide bonds. The number of hydrogen-bond acceptors (Lipinski definition) is 3. The summed E-state index contributed by atoms with van der Waals surface area (Å²) in [5.41, 5.74) is 0. The number of likely N-dealkylation sites (N-methyl/N-ethyl adjacent to an activating group) is 1. The van der Waals surface area contributed by atoms with Gasteiger partial charge in [-0.1, -0.05) is 0 Å². The minimum atomic E-state index is 0.468. The molecular formula is C11H20N2O. The third-order valence-electron chi connectivity index (χ3n) is 3.57. The molecule has 1 heterocycles. The number of rotatable bonds is 1. The smallest absolute Gasteiger partial charge is 0.133 e. The first kappa shape index (κ1) is 10.1. The monoisotopic (exact) mass is 196 g/mol. The Morgan fingerprint density at radius 1 is 1.07 bits per heavy atom. The van der Waals surface area contributed by atoms with Crippen molar-refractivity contribution in [1.82, 2.24) is 9.80 Å². The van der Waals surface area contributed by atoms with Gasteiger partial charge in [0, 0.05) is 45.1 Å². The maximum atomic E-state index is 11.1. The van der Waals surface area contributed by atoms with Crippen molar-refractivity contribution >= 4 is 5.78 Å². The van der Waals surface area contributed by atoms with E-state index in [-0.39, 0.29) is 0 Å². The van der Waals surface area contributed by atoms with Crippen LogP contribution in [0.2, 0.25) is 0 Å². The van der Waals surface area contributed by atoms with E-state index in [9.17, 15) is 4.79 Å². The second kappa shape index (κ2) is 4.41. The number of hydrogen-bond donors (Lipinski definition) is 0. The summed E-state index contributed by atoms with van der Waals surface area (Å²) in [6.45, 7) is 4.75. The van der Waals surface area contributed by atoms with Gasteiger partial charge in [-0.2, -0.15) is 0 Å². The molecule has 0 N–H and O–H groups in total. The van der Waals surface area contributed by atoms with E-state index in [0.29, 0.717) is 11.8 Å². The molecule has 2 rings (SSSR count). The SMILES string of the molecule is CN1CCN(C2CCC(=O)CC2)CC1. The van der Waals surface area contributed by atoms with E-state index in [0.717, 1.165) is 25.7 Å². The highest BCUT2D eigenvalue weighted by atomic mass is 16.1. The summed E-state index contributed by atoms with van der Waals surface area (Å²) in [6, 6.07) is 0.696. The molecule has 2 fully saturated rings. The lowest BCUT2D eigenvalue weighted by Gasteiger charge is -2.39. The largest absolute Gasteiger partial charge is 0.304 e. The van der Waals surface area contributed by atoms with E-state index in [1.165, 1.54) is 26.2 Å². The quantitative estimate of drug-likeness (QED) is 0.618. The molecule has 1 aliphatic heterocycles. The molecule has 0 atom stereocenters. The van der Waals surface area contributed by atoms with Gasteiger partial charge in [-0.05, 0) is 19.9 Å². The number of carbonyl (C=O) groups is 1. The summed E-state index contributed by atoms with van der Waals surface area (Å²) in [7, 11) is 2.18. The Balaban J connectivity index is 1.81. The Morgan fingerprint density at radius 3 is 2.21 bits per heavy atom.